The molecule has 2 heteroatoms. The number of para-hydroxylation sites is 4. The van der Waals surface area contributed by atoms with Crippen LogP contribution in [0, 0.1) is 6.92 Å². The second kappa shape index (κ2) is 14.8. The summed E-state index contributed by atoms with van der Waals surface area (Å²) >= 11 is 0. The Balaban J connectivity index is 1.22. The zero-order chi connectivity index (χ0) is 43.0. The molecule has 0 amide bonds. The van der Waals surface area contributed by atoms with E-state index in [0.29, 0.717) is 0 Å². The molecular formula is C63H42N2. The van der Waals surface area contributed by atoms with E-state index in [4.69, 9.17) is 0 Å². The standard InChI is InChI=1S/C63H42N2/c1-41-35-36-49-54(65(46-29-16-6-17-30-46)47-31-18-7-19-32-47)40-38-52-59(49)55(41)63-57(43-23-10-3-11-24-43)61-51-37-39-53(64(44-25-12-4-13-26-44)45-27-14-5-15-28-45)48-33-20-34-50(58(48)51)60(61)56(62(52)63)42-21-8-2-9-22-42/h2-40H,1H3. The number of benzene rings is 11. The van der Waals surface area contributed by atoms with E-state index in [1.807, 2.05) is 0 Å². The van der Waals surface area contributed by atoms with Crippen molar-refractivity contribution in [2.45, 2.75) is 6.92 Å². The van der Waals surface area contributed by atoms with E-state index >= 15 is 0 Å². The van der Waals surface area contributed by atoms with E-state index in [1.165, 1.54) is 92.5 Å². The van der Waals surface area contributed by atoms with Crippen LogP contribution >= 0.6 is 0 Å². The summed E-state index contributed by atoms with van der Waals surface area (Å²) in [6.07, 6.45) is 0. The molecule has 0 saturated heterocycles. The molecule has 0 aliphatic heterocycles. The maximum atomic E-state index is 2.42. The fourth-order valence-corrected chi connectivity index (χ4v) is 11.0. The van der Waals surface area contributed by atoms with Crippen molar-refractivity contribution in [3.63, 3.8) is 0 Å². The molecule has 0 aromatic heterocycles. The van der Waals surface area contributed by atoms with Crippen molar-refractivity contribution in [3.8, 4) is 22.3 Å². The van der Waals surface area contributed by atoms with Crippen LogP contribution in [0.15, 0.2) is 237 Å². The number of fused-ring (bicyclic) bond motifs is 6. The third kappa shape index (κ3) is 5.60. The predicted molar refractivity (Wildman–Crippen MR) is 279 cm³/mol. The van der Waals surface area contributed by atoms with E-state index in [1.54, 1.807) is 0 Å². The van der Waals surface area contributed by atoms with Gasteiger partial charge in [0, 0.05) is 33.5 Å². The topological polar surface area (TPSA) is 6.48 Å². The number of hydrogen-bond acceptors (Lipinski definition) is 2. The van der Waals surface area contributed by atoms with Gasteiger partial charge in [-0.1, -0.05) is 176 Å². The van der Waals surface area contributed by atoms with Crippen molar-refractivity contribution in [2.75, 3.05) is 9.80 Å². The summed E-state index contributed by atoms with van der Waals surface area (Å²) in [6, 6.07) is 86.6. The summed E-state index contributed by atoms with van der Waals surface area (Å²) in [6.45, 7) is 2.31. The molecule has 304 valence electrons. The summed E-state index contributed by atoms with van der Waals surface area (Å²) in [5, 5.41) is 15.4. The normalized spacial score (nSPS) is 11.8. The van der Waals surface area contributed by atoms with E-state index in [9.17, 15) is 0 Å². The number of rotatable bonds is 8. The molecule has 13 rings (SSSR count). The molecular weight excluding hydrogens is 785 g/mol. The van der Waals surface area contributed by atoms with Crippen LogP contribution in [0.25, 0.3) is 86.9 Å². The first-order chi connectivity index (χ1) is 32.2. The Morgan fingerprint density at radius 3 is 1.03 bits per heavy atom. The van der Waals surface area contributed by atoms with Crippen molar-refractivity contribution in [3.05, 3.63) is 242 Å². The molecule has 0 saturated carbocycles. The first-order valence-corrected chi connectivity index (χ1v) is 22.5. The molecule has 2 nitrogen and oxygen atoms in total. The smallest absolute Gasteiger partial charge is 0.0540 e. The number of anilines is 6. The molecule has 0 heterocycles. The average molecular weight is 827 g/mol. The van der Waals surface area contributed by atoms with Gasteiger partial charge in [-0.05, 0) is 149 Å². The Morgan fingerprint density at radius 1 is 0.231 bits per heavy atom. The molecule has 0 atom stereocenters. The largest absolute Gasteiger partial charge is 0.310 e. The van der Waals surface area contributed by atoms with Gasteiger partial charge in [-0.3, -0.25) is 0 Å². The first kappa shape index (κ1) is 37.1. The van der Waals surface area contributed by atoms with Crippen LogP contribution in [0.1, 0.15) is 5.56 Å². The van der Waals surface area contributed by atoms with Gasteiger partial charge in [0.1, 0.15) is 0 Å². The van der Waals surface area contributed by atoms with Crippen molar-refractivity contribution in [2.24, 2.45) is 0 Å². The van der Waals surface area contributed by atoms with Gasteiger partial charge in [0.15, 0.2) is 0 Å². The van der Waals surface area contributed by atoms with Crippen molar-refractivity contribution >= 4 is 98.8 Å². The third-order valence-electron chi connectivity index (χ3n) is 13.6. The van der Waals surface area contributed by atoms with Crippen molar-refractivity contribution in [1.29, 1.82) is 0 Å². The highest BCUT2D eigenvalue weighted by Gasteiger charge is 2.30. The van der Waals surface area contributed by atoms with Crippen molar-refractivity contribution in [1.82, 2.24) is 0 Å². The van der Waals surface area contributed by atoms with Crippen LogP contribution in [-0.4, -0.2) is 0 Å². The van der Waals surface area contributed by atoms with Gasteiger partial charge in [-0.2, -0.15) is 0 Å². The number of hydrogen-bond donors (Lipinski definition) is 0. The van der Waals surface area contributed by atoms with E-state index in [0.717, 1.165) is 34.1 Å². The fraction of sp³-hybridized carbons (Fsp3) is 0.0159. The van der Waals surface area contributed by atoms with Gasteiger partial charge in [-0.15, -0.1) is 0 Å². The van der Waals surface area contributed by atoms with Crippen LogP contribution in [-0.2, 0) is 0 Å². The number of nitrogens with zero attached hydrogens (tertiary/aromatic N) is 2. The van der Waals surface area contributed by atoms with Gasteiger partial charge in [-0.25, -0.2) is 0 Å². The molecule has 0 fully saturated rings. The molecule has 0 N–H and O–H groups in total. The molecule has 0 spiro atoms. The Labute approximate surface area is 378 Å². The molecule has 0 aliphatic carbocycles. The van der Waals surface area contributed by atoms with E-state index in [2.05, 4.69) is 253 Å². The molecule has 0 radical (unpaired) electrons. The Bertz CT molecular complexity index is 3770. The minimum absolute atomic E-state index is 1.13. The third-order valence-corrected chi connectivity index (χ3v) is 13.6. The summed E-state index contributed by atoms with van der Waals surface area (Å²) < 4.78 is 0. The lowest BCUT2D eigenvalue weighted by atomic mass is 9.87. The molecule has 0 aliphatic rings. The summed E-state index contributed by atoms with van der Waals surface area (Å²) in [7, 11) is 0. The van der Waals surface area contributed by atoms with Gasteiger partial charge >= 0.3 is 0 Å². The second-order valence-electron chi connectivity index (χ2n) is 17.2. The lowest BCUT2D eigenvalue weighted by molar-refractivity contribution is 1.30. The summed E-state index contributed by atoms with van der Waals surface area (Å²) in [5.41, 5.74) is 13.1. The van der Waals surface area contributed by atoms with Gasteiger partial charge in [0.2, 0.25) is 0 Å². The highest BCUT2D eigenvalue weighted by molar-refractivity contribution is 6.47. The van der Waals surface area contributed by atoms with Crippen LogP contribution in [0.4, 0.5) is 34.1 Å². The highest BCUT2D eigenvalue weighted by atomic mass is 15.1. The first-order valence-electron chi connectivity index (χ1n) is 22.5. The lowest BCUT2D eigenvalue weighted by Gasteiger charge is -2.27. The minimum atomic E-state index is 1.13. The summed E-state index contributed by atoms with van der Waals surface area (Å²) in [4.78, 5) is 4.83. The Kier molecular flexibility index (Phi) is 8.47. The molecule has 13 aromatic rings. The monoisotopic (exact) mass is 826 g/mol. The van der Waals surface area contributed by atoms with Gasteiger partial charge < -0.3 is 9.80 Å². The van der Waals surface area contributed by atoms with Gasteiger partial charge in [0.25, 0.3) is 0 Å². The van der Waals surface area contributed by atoms with E-state index in [-0.39, 0.29) is 0 Å². The molecule has 65 heavy (non-hydrogen) atoms. The quantitative estimate of drug-likeness (QED) is 0.151. The molecule has 13 aromatic carbocycles. The van der Waals surface area contributed by atoms with Gasteiger partial charge in [0.05, 0.1) is 11.4 Å². The fourth-order valence-electron chi connectivity index (χ4n) is 11.0. The van der Waals surface area contributed by atoms with Crippen LogP contribution in [0.5, 0.6) is 0 Å². The van der Waals surface area contributed by atoms with Crippen LogP contribution in [0.2, 0.25) is 0 Å². The summed E-state index contributed by atoms with van der Waals surface area (Å²) in [5.74, 6) is 0. The predicted octanol–water partition coefficient (Wildman–Crippen LogP) is 18.1. The highest BCUT2D eigenvalue weighted by Crippen LogP contribution is 2.58. The number of aryl methyl sites for hydroxylation is 1. The van der Waals surface area contributed by atoms with E-state index < -0.39 is 0 Å². The lowest BCUT2D eigenvalue weighted by Crippen LogP contribution is -2.10. The maximum absolute atomic E-state index is 2.42. The molecule has 0 unspecified atom stereocenters. The minimum Gasteiger partial charge on any atom is -0.310 e. The second-order valence-corrected chi connectivity index (χ2v) is 17.2. The average Bonchev–Trinajstić information content (AvgIpc) is 3.90. The zero-order valence-corrected chi connectivity index (χ0v) is 35.9. The maximum Gasteiger partial charge on any atom is 0.0540 e. The SMILES string of the molecule is Cc1ccc2c(N(c3ccccc3)c3ccccc3)ccc3c4c(-c5ccccc5)c5c6cccc7c(N(c8ccccc8)c8ccccc8)ccc(c5c(-c5ccccc5)c4c1c23)c76. The molecule has 0 bridgehead atoms. The zero-order valence-electron chi connectivity index (χ0n) is 35.9. The Morgan fingerprint density at radius 2 is 0.569 bits per heavy atom. The van der Waals surface area contributed by atoms with Crippen molar-refractivity contribution < 1.29 is 0 Å². The van der Waals surface area contributed by atoms with Crippen LogP contribution < -0.4 is 9.80 Å². The van der Waals surface area contributed by atoms with Crippen LogP contribution in [0.3, 0.4) is 0 Å². The Hall–Kier alpha value is -8.46.